The number of rotatable bonds is 34. The maximum absolute atomic E-state index is 12.5. The van der Waals surface area contributed by atoms with Crippen molar-refractivity contribution < 1.29 is 22.9 Å². The van der Waals surface area contributed by atoms with Gasteiger partial charge in [-0.2, -0.15) is 8.42 Å². The van der Waals surface area contributed by atoms with Crippen LogP contribution in [0.3, 0.4) is 0 Å². The fourth-order valence-corrected chi connectivity index (χ4v) is 6.74. The van der Waals surface area contributed by atoms with Gasteiger partial charge in [0.25, 0.3) is 10.1 Å². The fraction of sp³-hybridized carbons (Fsp3) is 0.972. The number of hydrogen-bond acceptors (Lipinski definition) is 4. The molecular weight excluding hydrogens is 558 g/mol. The maximum Gasteiger partial charge on any atom is 0.266 e. The van der Waals surface area contributed by atoms with Crippen LogP contribution in [0.2, 0.25) is 0 Å². The molecule has 0 aliphatic rings. The molecule has 0 spiro atoms. The Kier molecular flexibility index (Phi) is 30.8. The van der Waals surface area contributed by atoms with E-state index >= 15 is 0 Å². The largest absolute Gasteiger partial charge is 0.391 e. The predicted octanol–water partition coefficient (Wildman–Crippen LogP) is 10.5. The molecule has 0 saturated carbocycles. The second-order valence-electron chi connectivity index (χ2n) is 13.2. The second kappa shape index (κ2) is 31.3. The molecule has 0 saturated heterocycles. The van der Waals surface area contributed by atoms with Crippen molar-refractivity contribution >= 4 is 16.0 Å². The molecule has 0 aromatic rings. The Morgan fingerprint density at radius 1 is 0.535 bits per heavy atom. The van der Waals surface area contributed by atoms with Gasteiger partial charge in [-0.1, -0.05) is 187 Å². The van der Waals surface area contributed by atoms with Crippen molar-refractivity contribution in [3.8, 4) is 0 Å². The molecule has 0 rings (SSSR count). The van der Waals surface area contributed by atoms with Gasteiger partial charge in [-0.05, 0) is 12.8 Å². The van der Waals surface area contributed by atoms with E-state index in [1.807, 2.05) is 0 Å². The van der Waals surface area contributed by atoms with E-state index in [-0.39, 0.29) is 5.91 Å². The second-order valence-corrected chi connectivity index (χ2v) is 14.7. The van der Waals surface area contributed by atoms with Gasteiger partial charge in [0.15, 0.2) is 0 Å². The summed E-state index contributed by atoms with van der Waals surface area (Å²) in [5.74, 6) is -0.884. The van der Waals surface area contributed by atoms with Gasteiger partial charge in [0, 0.05) is 6.42 Å². The topological polar surface area (TPSA) is 104 Å². The molecule has 7 heteroatoms. The Morgan fingerprint density at radius 3 is 1.16 bits per heavy atom. The minimum absolute atomic E-state index is 0.243. The van der Waals surface area contributed by atoms with E-state index in [4.69, 9.17) is 0 Å². The zero-order valence-corrected chi connectivity index (χ0v) is 29.4. The Balaban J connectivity index is 3.87. The van der Waals surface area contributed by atoms with Crippen molar-refractivity contribution in [2.45, 2.75) is 219 Å². The van der Waals surface area contributed by atoms with E-state index in [2.05, 4.69) is 19.2 Å². The quantitative estimate of drug-likeness (QED) is 0.0484. The summed E-state index contributed by atoms with van der Waals surface area (Å²) in [6, 6.07) is -0.962. The molecule has 6 nitrogen and oxygen atoms in total. The molecule has 258 valence electrons. The maximum atomic E-state index is 12.5. The molecule has 1 amide bonds. The Morgan fingerprint density at radius 2 is 0.837 bits per heavy atom. The van der Waals surface area contributed by atoms with Gasteiger partial charge in [0.05, 0.1) is 17.9 Å². The first kappa shape index (κ1) is 42.3. The molecule has 0 radical (unpaired) electrons. The van der Waals surface area contributed by atoms with E-state index < -0.39 is 28.0 Å². The zero-order valence-electron chi connectivity index (χ0n) is 28.6. The smallest absolute Gasteiger partial charge is 0.266 e. The van der Waals surface area contributed by atoms with Crippen LogP contribution in [0, 0.1) is 0 Å². The first-order chi connectivity index (χ1) is 20.8. The molecule has 0 aliphatic heterocycles. The molecule has 3 N–H and O–H groups in total. The van der Waals surface area contributed by atoms with E-state index in [0.29, 0.717) is 12.8 Å². The van der Waals surface area contributed by atoms with Crippen LogP contribution >= 0.6 is 0 Å². The number of unbranched alkanes of at least 4 members (excludes halogenated alkanes) is 26. The molecule has 43 heavy (non-hydrogen) atoms. The average molecular weight is 632 g/mol. The number of aliphatic hydroxyl groups excluding tert-OH is 1. The van der Waals surface area contributed by atoms with Crippen LogP contribution in [-0.2, 0) is 14.9 Å². The number of hydrogen-bond donors (Lipinski definition) is 3. The molecule has 2 atom stereocenters. The highest BCUT2D eigenvalue weighted by Gasteiger charge is 2.26. The summed E-state index contributed by atoms with van der Waals surface area (Å²) >= 11 is 0. The lowest BCUT2D eigenvalue weighted by Crippen LogP contribution is -2.47. The number of carbonyl (C=O) groups excluding carboxylic acids is 1. The van der Waals surface area contributed by atoms with Crippen molar-refractivity contribution in [2.24, 2.45) is 0 Å². The van der Waals surface area contributed by atoms with Crippen LogP contribution in [0.15, 0.2) is 0 Å². The van der Waals surface area contributed by atoms with Crippen molar-refractivity contribution in [3.05, 3.63) is 0 Å². The van der Waals surface area contributed by atoms with E-state index in [0.717, 1.165) is 38.5 Å². The zero-order chi connectivity index (χ0) is 31.9. The third kappa shape index (κ3) is 32.5. The molecule has 0 aromatic heterocycles. The van der Waals surface area contributed by atoms with E-state index in [1.165, 1.54) is 141 Å². The van der Waals surface area contributed by atoms with Crippen molar-refractivity contribution in [1.82, 2.24) is 5.32 Å². The minimum Gasteiger partial charge on any atom is -0.391 e. The van der Waals surface area contributed by atoms with Crippen LogP contribution in [0.1, 0.15) is 206 Å². The Bertz CT molecular complexity index is 700. The highest BCUT2D eigenvalue weighted by atomic mass is 32.2. The third-order valence-corrected chi connectivity index (χ3v) is 9.59. The lowest BCUT2D eigenvalue weighted by molar-refractivity contribution is -0.122. The highest BCUT2D eigenvalue weighted by molar-refractivity contribution is 7.85. The Hall–Kier alpha value is -0.660. The van der Waals surface area contributed by atoms with Gasteiger partial charge < -0.3 is 10.4 Å². The molecular formula is C36H73NO5S. The molecule has 2 unspecified atom stereocenters. The van der Waals surface area contributed by atoms with Crippen molar-refractivity contribution in [2.75, 3.05) is 5.75 Å². The first-order valence-corrected chi connectivity index (χ1v) is 20.3. The third-order valence-electron chi connectivity index (χ3n) is 8.81. The summed E-state index contributed by atoms with van der Waals surface area (Å²) in [6.45, 7) is 4.51. The standard InChI is InChI=1S/C36H73NO5S/c1-3-5-7-9-11-13-15-17-18-20-22-24-26-28-30-32-36(39)37-34(33-43(40,41)42)35(38)31-29-27-25-23-21-19-16-14-12-10-8-6-4-2/h34-35,38H,3-33H2,1-2H3,(H,37,39)(H,40,41,42). The van der Waals surface area contributed by atoms with Gasteiger partial charge >= 0.3 is 0 Å². The predicted molar refractivity (Wildman–Crippen MR) is 184 cm³/mol. The van der Waals surface area contributed by atoms with Gasteiger partial charge in [0.2, 0.25) is 5.91 Å². The highest BCUT2D eigenvalue weighted by Crippen LogP contribution is 2.16. The number of nitrogens with one attached hydrogen (secondary N) is 1. The van der Waals surface area contributed by atoms with Crippen LogP contribution in [0.5, 0.6) is 0 Å². The van der Waals surface area contributed by atoms with Crippen molar-refractivity contribution in [1.29, 1.82) is 0 Å². The average Bonchev–Trinajstić information content (AvgIpc) is 2.96. The summed E-state index contributed by atoms with van der Waals surface area (Å²) in [5.41, 5.74) is 0. The SMILES string of the molecule is CCCCCCCCCCCCCCCCCC(=O)NC(CS(=O)(=O)O)C(O)CCCCCCCCCCCCCCC. The van der Waals surface area contributed by atoms with Gasteiger partial charge in [-0.3, -0.25) is 9.35 Å². The monoisotopic (exact) mass is 632 g/mol. The summed E-state index contributed by atoms with van der Waals surface area (Å²) < 4.78 is 32.4. The molecule has 0 heterocycles. The van der Waals surface area contributed by atoms with Gasteiger partial charge in [-0.25, -0.2) is 0 Å². The number of aliphatic hydroxyl groups is 1. The van der Waals surface area contributed by atoms with Gasteiger partial charge in [0.1, 0.15) is 0 Å². The summed E-state index contributed by atoms with van der Waals surface area (Å²) in [4.78, 5) is 12.5. The Labute approximate surface area is 268 Å². The number of amides is 1. The molecule has 0 fully saturated rings. The van der Waals surface area contributed by atoms with Crippen molar-refractivity contribution in [3.63, 3.8) is 0 Å². The minimum atomic E-state index is -4.30. The lowest BCUT2D eigenvalue weighted by atomic mass is 10.0. The summed E-state index contributed by atoms with van der Waals surface area (Å²) in [5, 5.41) is 13.3. The van der Waals surface area contributed by atoms with E-state index in [9.17, 15) is 22.9 Å². The van der Waals surface area contributed by atoms with Crippen LogP contribution in [0.4, 0.5) is 0 Å². The lowest BCUT2D eigenvalue weighted by Gasteiger charge is -2.23. The molecule has 0 aromatic carbocycles. The van der Waals surface area contributed by atoms with Gasteiger partial charge in [-0.15, -0.1) is 0 Å². The fourth-order valence-electron chi connectivity index (χ4n) is 5.98. The van der Waals surface area contributed by atoms with E-state index in [1.54, 1.807) is 0 Å². The van der Waals surface area contributed by atoms with Crippen LogP contribution in [-0.4, -0.2) is 41.9 Å². The molecule has 0 aliphatic carbocycles. The first-order valence-electron chi connectivity index (χ1n) is 18.7. The summed E-state index contributed by atoms with van der Waals surface area (Å²) in [6.07, 6.45) is 34.7. The molecule has 0 bridgehead atoms. The summed E-state index contributed by atoms with van der Waals surface area (Å²) in [7, 11) is -4.30. The van der Waals surface area contributed by atoms with Crippen LogP contribution < -0.4 is 5.32 Å². The van der Waals surface area contributed by atoms with Crippen LogP contribution in [0.25, 0.3) is 0 Å². The normalized spacial score (nSPS) is 13.3. The number of carbonyl (C=O) groups is 1.